The van der Waals surface area contributed by atoms with E-state index in [1.54, 1.807) is 24.3 Å². The van der Waals surface area contributed by atoms with Crippen LogP contribution in [0.2, 0.25) is 5.02 Å². The molecule has 0 saturated heterocycles. The zero-order chi connectivity index (χ0) is 18.6. The zero-order valence-corrected chi connectivity index (χ0v) is 13.6. The summed E-state index contributed by atoms with van der Waals surface area (Å²) in [6.07, 6.45) is -4.50. The third-order valence-electron chi connectivity index (χ3n) is 3.43. The minimum Gasteiger partial charge on any atom is -0.368 e. The number of primary amides is 1. The summed E-state index contributed by atoms with van der Waals surface area (Å²) >= 11 is 5.86. The van der Waals surface area contributed by atoms with Gasteiger partial charge in [0, 0.05) is 17.0 Å². The van der Waals surface area contributed by atoms with Gasteiger partial charge in [0.1, 0.15) is 6.04 Å². The smallest absolute Gasteiger partial charge is 0.368 e. The Morgan fingerprint density at radius 1 is 1.12 bits per heavy atom. The fourth-order valence-electron chi connectivity index (χ4n) is 2.20. The van der Waals surface area contributed by atoms with E-state index in [1.807, 2.05) is 0 Å². The van der Waals surface area contributed by atoms with Gasteiger partial charge >= 0.3 is 6.18 Å². The second-order valence-electron chi connectivity index (χ2n) is 5.34. The van der Waals surface area contributed by atoms with Gasteiger partial charge in [-0.1, -0.05) is 29.8 Å². The first-order valence-electron chi connectivity index (χ1n) is 7.18. The Hall–Kier alpha value is -2.54. The molecule has 2 aromatic carbocycles. The van der Waals surface area contributed by atoms with Crippen molar-refractivity contribution in [3.05, 3.63) is 70.2 Å². The average Bonchev–Trinajstić information content (AvgIpc) is 2.53. The first kappa shape index (κ1) is 18.8. The number of benzene rings is 2. The molecular formula is C17H14ClF3N2O2. The number of hydrogen-bond donors (Lipinski definition) is 2. The molecule has 0 aliphatic carbocycles. The highest BCUT2D eigenvalue weighted by molar-refractivity contribution is 6.30. The molecule has 0 aliphatic rings. The molecule has 132 valence electrons. The standard InChI is InChI=1S/C17H14ClF3N2O2/c18-13-6-1-3-10(7-13)8-14(15(22)24)23-16(25)11-4-2-5-12(9-11)17(19,20)21/h1-7,9,14H,8H2,(H2,22,24)(H,23,25)/t14-/m1/s1. The van der Waals surface area contributed by atoms with Gasteiger partial charge in [0.2, 0.25) is 5.91 Å². The van der Waals surface area contributed by atoms with Crippen LogP contribution < -0.4 is 11.1 Å². The van der Waals surface area contributed by atoms with Crippen LogP contribution in [-0.4, -0.2) is 17.9 Å². The van der Waals surface area contributed by atoms with Crippen molar-refractivity contribution in [2.75, 3.05) is 0 Å². The Morgan fingerprint density at radius 3 is 2.40 bits per heavy atom. The predicted molar refractivity (Wildman–Crippen MR) is 87.0 cm³/mol. The molecule has 25 heavy (non-hydrogen) atoms. The number of amides is 2. The molecular weight excluding hydrogens is 357 g/mol. The lowest BCUT2D eigenvalue weighted by Gasteiger charge is -2.16. The Morgan fingerprint density at radius 2 is 1.80 bits per heavy atom. The first-order valence-corrected chi connectivity index (χ1v) is 7.56. The quantitative estimate of drug-likeness (QED) is 0.848. The van der Waals surface area contributed by atoms with Gasteiger partial charge in [-0.3, -0.25) is 9.59 Å². The minimum atomic E-state index is -4.57. The summed E-state index contributed by atoms with van der Waals surface area (Å²) in [5.74, 6) is -1.63. The number of carbonyl (C=O) groups is 2. The number of nitrogens with one attached hydrogen (secondary N) is 1. The van der Waals surface area contributed by atoms with Crippen molar-refractivity contribution in [2.24, 2.45) is 5.73 Å². The fourth-order valence-corrected chi connectivity index (χ4v) is 2.41. The van der Waals surface area contributed by atoms with E-state index in [4.69, 9.17) is 17.3 Å². The van der Waals surface area contributed by atoms with Gasteiger partial charge < -0.3 is 11.1 Å². The van der Waals surface area contributed by atoms with Crippen molar-refractivity contribution in [3.8, 4) is 0 Å². The second kappa shape index (κ2) is 7.57. The Labute approximate surface area is 146 Å². The lowest BCUT2D eigenvalue weighted by atomic mass is 10.0. The molecule has 0 aromatic heterocycles. The summed E-state index contributed by atoms with van der Waals surface area (Å²) in [5, 5.41) is 2.80. The maximum atomic E-state index is 12.7. The van der Waals surface area contributed by atoms with Crippen LogP contribution in [0.15, 0.2) is 48.5 Å². The van der Waals surface area contributed by atoms with Crippen molar-refractivity contribution in [1.82, 2.24) is 5.32 Å². The molecule has 0 bridgehead atoms. The maximum absolute atomic E-state index is 12.7. The Balaban J connectivity index is 2.17. The lowest BCUT2D eigenvalue weighted by molar-refractivity contribution is -0.137. The molecule has 2 aromatic rings. The highest BCUT2D eigenvalue weighted by Gasteiger charge is 2.31. The summed E-state index contributed by atoms with van der Waals surface area (Å²) in [4.78, 5) is 23.8. The molecule has 0 unspecified atom stereocenters. The SMILES string of the molecule is NC(=O)[C@@H](Cc1cccc(Cl)c1)NC(=O)c1cccc(C(F)(F)F)c1. The van der Waals surface area contributed by atoms with Crippen LogP contribution in [0.4, 0.5) is 13.2 Å². The number of halogens is 4. The first-order chi connectivity index (χ1) is 11.7. The molecule has 0 saturated carbocycles. The van der Waals surface area contributed by atoms with E-state index >= 15 is 0 Å². The van der Waals surface area contributed by atoms with Crippen LogP contribution in [0.25, 0.3) is 0 Å². The van der Waals surface area contributed by atoms with Crippen LogP contribution in [0.3, 0.4) is 0 Å². The van der Waals surface area contributed by atoms with Gasteiger partial charge in [-0.05, 0) is 35.9 Å². The number of hydrogen-bond acceptors (Lipinski definition) is 2. The minimum absolute atomic E-state index is 0.0700. The monoisotopic (exact) mass is 370 g/mol. The molecule has 0 aliphatic heterocycles. The Bertz CT molecular complexity index is 793. The summed E-state index contributed by atoms with van der Waals surface area (Å²) in [6, 6.07) is 9.44. The van der Waals surface area contributed by atoms with Crippen molar-refractivity contribution < 1.29 is 22.8 Å². The second-order valence-corrected chi connectivity index (χ2v) is 5.78. The van der Waals surface area contributed by atoms with Crippen molar-refractivity contribution in [1.29, 1.82) is 0 Å². The normalized spacial score (nSPS) is 12.5. The van der Waals surface area contributed by atoms with Crippen LogP contribution in [0.5, 0.6) is 0 Å². The molecule has 0 spiro atoms. The summed E-state index contributed by atoms with van der Waals surface area (Å²) in [6.45, 7) is 0. The van der Waals surface area contributed by atoms with E-state index in [0.29, 0.717) is 16.7 Å². The highest BCUT2D eigenvalue weighted by atomic mass is 35.5. The van der Waals surface area contributed by atoms with Gasteiger partial charge in [0.05, 0.1) is 5.56 Å². The average molecular weight is 371 g/mol. The number of carbonyl (C=O) groups excluding carboxylic acids is 2. The summed E-state index contributed by atoms with van der Waals surface area (Å²) < 4.78 is 38.2. The van der Waals surface area contributed by atoms with Crippen LogP contribution in [0, 0.1) is 0 Å². The fraction of sp³-hybridized carbons (Fsp3) is 0.176. The molecule has 0 radical (unpaired) electrons. The maximum Gasteiger partial charge on any atom is 0.416 e. The Kier molecular flexibility index (Phi) is 5.69. The van der Waals surface area contributed by atoms with Gasteiger partial charge in [-0.2, -0.15) is 13.2 Å². The molecule has 2 rings (SSSR count). The van der Waals surface area contributed by atoms with Crippen LogP contribution >= 0.6 is 11.6 Å². The summed E-state index contributed by atoms with van der Waals surface area (Å²) in [5.41, 5.74) is 4.77. The third-order valence-corrected chi connectivity index (χ3v) is 3.66. The van der Waals surface area contributed by atoms with E-state index in [-0.39, 0.29) is 12.0 Å². The lowest BCUT2D eigenvalue weighted by Crippen LogP contribution is -2.45. The van der Waals surface area contributed by atoms with Crippen molar-refractivity contribution in [2.45, 2.75) is 18.6 Å². The number of nitrogens with two attached hydrogens (primary N) is 1. The van der Waals surface area contributed by atoms with E-state index in [1.165, 1.54) is 6.07 Å². The highest BCUT2D eigenvalue weighted by Crippen LogP contribution is 2.29. The van der Waals surface area contributed by atoms with Gasteiger partial charge in [0.15, 0.2) is 0 Å². The van der Waals surface area contributed by atoms with E-state index in [2.05, 4.69) is 5.32 Å². The molecule has 4 nitrogen and oxygen atoms in total. The largest absolute Gasteiger partial charge is 0.416 e. The van der Waals surface area contributed by atoms with E-state index in [0.717, 1.165) is 12.1 Å². The molecule has 2 amide bonds. The van der Waals surface area contributed by atoms with Crippen molar-refractivity contribution in [3.63, 3.8) is 0 Å². The molecule has 3 N–H and O–H groups in total. The van der Waals surface area contributed by atoms with E-state index in [9.17, 15) is 22.8 Å². The zero-order valence-electron chi connectivity index (χ0n) is 12.8. The molecule has 0 heterocycles. The number of alkyl halides is 3. The topological polar surface area (TPSA) is 72.2 Å². The van der Waals surface area contributed by atoms with Gasteiger partial charge in [0.25, 0.3) is 5.91 Å². The predicted octanol–water partition coefficient (Wildman–Crippen LogP) is 3.19. The molecule has 0 fully saturated rings. The third kappa shape index (κ3) is 5.22. The summed E-state index contributed by atoms with van der Waals surface area (Å²) in [7, 11) is 0. The number of rotatable bonds is 5. The van der Waals surface area contributed by atoms with Gasteiger partial charge in [-0.25, -0.2) is 0 Å². The van der Waals surface area contributed by atoms with E-state index < -0.39 is 29.6 Å². The van der Waals surface area contributed by atoms with Crippen LogP contribution in [0.1, 0.15) is 21.5 Å². The van der Waals surface area contributed by atoms with Crippen molar-refractivity contribution >= 4 is 23.4 Å². The molecule has 1 atom stereocenters. The molecule has 8 heteroatoms. The van der Waals surface area contributed by atoms with Crippen LogP contribution in [-0.2, 0) is 17.4 Å². The van der Waals surface area contributed by atoms with Gasteiger partial charge in [-0.15, -0.1) is 0 Å².